The molecule has 1 aromatic heterocycles. The van der Waals surface area contributed by atoms with Crippen molar-refractivity contribution in [3.05, 3.63) is 30.1 Å². The standard InChI is InChI=1S/C22H31N3O4S/c26-21(20-3-1-2-6-23-20)24-18-10-15-9-16-13-22(12-15,14-17(16)11-18)25-30(27,28)19-4-7-29-8-5-19/h1-3,6,15-19,25H,4-5,7-14H2,(H,24,26). The number of ether oxygens (including phenoxy) is 1. The van der Waals surface area contributed by atoms with Crippen LogP contribution in [0.3, 0.4) is 0 Å². The van der Waals surface area contributed by atoms with Crippen molar-refractivity contribution in [2.75, 3.05) is 13.2 Å². The molecule has 8 heteroatoms. The van der Waals surface area contributed by atoms with Crippen LogP contribution < -0.4 is 10.0 Å². The predicted molar refractivity (Wildman–Crippen MR) is 112 cm³/mol. The van der Waals surface area contributed by atoms with Gasteiger partial charge in [-0.2, -0.15) is 0 Å². The minimum atomic E-state index is -3.33. The topological polar surface area (TPSA) is 97.4 Å². The molecule has 2 N–H and O–H groups in total. The first-order valence-corrected chi connectivity index (χ1v) is 12.8. The number of aromatic nitrogens is 1. The van der Waals surface area contributed by atoms with Crippen LogP contribution in [-0.4, -0.2) is 49.4 Å². The Kier molecular flexibility index (Phi) is 5.35. The molecular formula is C22H31N3O4S. The quantitative estimate of drug-likeness (QED) is 0.742. The number of rotatable bonds is 5. The summed E-state index contributed by atoms with van der Waals surface area (Å²) in [6, 6.07) is 5.51. The number of pyridine rings is 1. The summed E-state index contributed by atoms with van der Waals surface area (Å²) in [5.74, 6) is 1.35. The highest BCUT2D eigenvalue weighted by molar-refractivity contribution is 7.90. The highest BCUT2D eigenvalue weighted by Crippen LogP contribution is 2.55. The van der Waals surface area contributed by atoms with Crippen LogP contribution in [0.25, 0.3) is 0 Å². The summed E-state index contributed by atoms with van der Waals surface area (Å²) in [7, 11) is -3.33. The number of hydrogen-bond donors (Lipinski definition) is 2. The van der Waals surface area contributed by atoms with Crippen molar-refractivity contribution >= 4 is 15.9 Å². The van der Waals surface area contributed by atoms with Crippen LogP contribution in [0, 0.1) is 17.8 Å². The van der Waals surface area contributed by atoms with E-state index in [9.17, 15) is 13.2 Å². The highest BCUT2D eigenvalue weighted by Gasteiger charge is 2.55. The molecular weight excluding hydrogens is 402 g/mol. The van der Waals surface area contributed by atoms with Crippen LogP contribution in [0.5, 0.6) is 0 Å². The van der Waals surface area contributed by atoms with Crippen LogP contribution in [0.1, 0.15) is 61.9 Å². The van der Waals surface area contributed by atoms with Crippen LogP contribution >= 0.6 is 0 Å². The average molecular weight is 434 g/mol. The molecule has 1 aromatic rings. The molecule has 1 aliphatic heterocycles. The molecule has 5 atom stereocenters. The molecule has 0 radical (unpaired) electrons. The minimum absolute atomic E-state index is 0.108. The van der Waals surface area contributed by atoms with Gasteiger partial charge in [0.1, 0.15) is 5.69 Å². The van der Waals surface area contributed by atoms with E-state index in [-0.39, 0.29) is 22.7 Å². The zero-order chi connectivity index (χ0) is 20.8. The number of fused-ring (bicyclic) bond motifs is 2. The Balaban J connectivity index is 1.27. The molecule has 0 aromatic carbocycles. The lowest BCUT2D eigenvalue weighted by Crippen LogP contribution is -2.53. The van der Waals surface area contributed by atoms with E-state index in [1.165, 1.54) is 0 Å². The van der Waals surface area contributed by atoms with Crippen molar-refractivity contribution in [2.24, 2.45) is 17.8 Å². The predicted octanol–water partition coefficient (Wildman–Crippen LogP) is 2.25. The van der Waals surface area contributed by atoms with E-state index < -0.39 is 10.0 Å². The Hall–Kier alpha value is -1.51. The summed E-state index contributed by atoms with van der Waals surface area (Å²) < 4.78 is 34.7. The van der Waals surface area contributed by atoms with Gasteiger partial charge in [0.2, 0.25) is 10.0 Å². The maximum atomic E-state index is 13.1. The van der Waals surface area contributed by atoms with Gasteiger partial charge in [-0.05, 0) is 81.3 Å². The molecule has 5 unspecified atom stereocenters. The lowest BCUT2D eigenvalue weighted by atomic mass is 9.75. The second-order valence-electron chi connectivity index (χ2n) is 9.83. The molecule has 3 bridgehead atoms. The fraction of sp³-hybridized carbons (Fsp3) is 0.727. The molecule has 7 nitrogen and oxygen atoms in total. The number of carbonyl (C=O) groups is 1. The summed E-state index contributed by atoms with van der Waals surface area (Å²) in [5.41, 5.74) is 0.169. The van der Waals surface area contributed by atoms with Gasteiger partial charge >= 0.3 is 0 Å². The Morgan fingerprint density at radius 3 is 2.57 bits per heavy atom. The highest BCUT2D eigenvalue weighted by atomic mass is 32.2. The Bertz CT molecular complexity index is 883. The number of nitrogens with zero attached hydrogens (tertiary/aromatic N) is 1. The molecule has 1 amide bonds. The van der Waals surface area contributed by atoms with E-state index in [1.807, 2.05) is 6.07 Å². The summed E-state index contributed by atoms with van der Waals surface area (Å²) in [4.78, 5) is 16.7. The summed E-state index contributed by atoms with van der Waals surface area (Å²) in [6.07, 6.45) is 8.54. The lowest BCUT2D eigenvalue weighted by molar-refractivity contribution is 0.0915. The third-order valence-electron chi connectivity index (χ3n) is 7.69. The van der Waals surface area contributed by atoms with Crippen molar-refractivity contribution < 1.29 is 17.9 Å². The number of carbonyl (C=O) groups excluding carboxylic acids is 1. The second-order valence-corrected chi connectivity index (χ2v) is 11.8. The van der Waals surface area contributed by atoms with Gasteiger partial charge in [0.15, 0.2) is 0 Å². The molecule has 2 heterocycles. The number of amides is 1. The molecule has 4 aliphatic rings. The summed E-state index contributed by atoms with van der Waals surface area (Å²) in [6.45, 7) is 1.06. The van der Waals surface area contributed by atoms with E-state index in [0.717, 1.165) is 38.5 Å². The maximum Gasteiger partial charge on any atom is 0.270 e. The minimum Gasteiger partial charge on any atom is -0.381 e. The van der Waals surface area contributed by atoms with Gasteiger partial charge in [-0.1, -0.05) is 6.07 Å². The molecule has 3 aliphatic carbocycles. The van der Waals surface area contributed by atoms with Crippen LogP contribution in [0.2, 0.25) is 0 Å². The number of nitrogens with one attached hydrogen (secondary N) is 2. The first-order valence-electron chi connectivity index (χ1n) is 11.2. The van der Waals surface area contributed by atoms with Gasteiger partial charge in [-0.15, -0.1) is 0 Å². The Morgan fingerprint density at radius 2 is 1.83 bits per heavy atom. The second kappa shape index (κ2) is 7.88. The first-order chi connectivity index (χ1) is 14.4. The summed E-state index contributed by atoms with van der Waals surface area (Å²) in [5, 5.41) is 2.87. The molecule has 164 valence electrons. The number of sulfonamides is 1. The van der Waals surface area contributed by atoms with Gasteiger partial charge in [-0.25, -0.2) is 13.1 Å². The van der Waals surface area contributed by atoms with Gasteiger partial charge in [0.25, 0.3) is 5.91 Å². The van der Waals surface area contributed by atoms with Crippen LogP contribution in [-0.2, 0) is 14.8 Å². The normalized spacial score (nSPS) is 36.4. The fourth-order valence-corrected chi connectivity index (χ4v) is 8.45. The number of hydrogen-bond acceptors (Lipinski definition) is 5. The average Bonchev–Trinajstić information content (AvgIpc) is 2.90. The van der Waals surface area contributed by atoms with Crippen molar-refractivity contribution in [3.63, 3.8) is 0 Å². The third-order valence-corrected chi connectivity index (χ3v) is 9.76. The van der Waals surface area contributed by atoms with Crippen molar-refractivity contribution in [1.82, 2.24) is 15.0 Å². The molecule has 5 rings (SSSR count). The van der Waals surface area contributed by atoms with E-state index >= 15 is 0 Å². The third kappa shape index (κ3) is 4.01. The van der Waals surface area contributed by atoms with Gasteiger partial charge in [-0.3, -0.25) is 9.78 Å². The van der Waals surface area contributed by atoms with Crippen molar-refractivity contribution in [1.29, 1.82) is 0 Å². The fourth-order valence-electron chi connectivity index (χ4n) is 6.62. The molecule has 1 saturated heterocycles. The first kappa shape index (κ1) is 20.4. The van der Waals surface area contributed by atoms with E-state index in [4.69, 9.17) is 4.74 Å². The zero-order valence-corrected chi connectivity index (χ0v) is 18.1. The van der Waals surface area contributed by atoms with Gasteiger partial charge in [0.05, 0.1) is 5.25 Å². The van der Waals surface area contributed by atoms with Gasteiger partial charge < -0.3 is 10.1 Å². The van der Waals surface area contributed by atoms with E-state index in [2.05, 4.69) is 15.0 Å². The SMILES string of the molecule is O=C(NC1CC2CC3CC(NS(=O)(=O)C4CCOCC4)(C2)CC3C1)c1ccccn1. The molecule has 4 fully saturated rings. The lowest BCUT2D eigenvalue weighted by Gasteiger charge is -2.40. The van der Waals surface area contributed by atoms with Crippen LogP contribution in [0.15, 0.2) is 24.4 Å². The summed E-state index contributed by atoms with van der Waals surface area (Å²) >= 11 is 0. The molecule has 3 saturated carbocycles. The molecule has 0 spiro atoms. The Labute approximate surface area is 178 Å². The monoisotopic (exact) mass is 433 g/mol. The Morgan fingerprint density at radius 1 is 1.07 bits per heavy atom. The van der Waals surface area contributed by atoms with E-state index in [0.29, 0.717) is 49.5 Å². The van der Waals surface area contributed by atoms with Gasteiger partial charge in [0, 0.05) is 31.0 Å². The maximum absolute atomic E-state index is 13.1. The largest absolute Gasteiger partial charge is 0.381 e. The molecule has 30 heavy (non-hydrogen) atoms. The van der Waals surface area contributed by atoms with Crippen LogP contribution in [0.4, 0.5) is 0 Å². The van der Waals surface area contributed by atoms with Crippen molar-refractivity contribution in [2.45, 2.75) is 68.2 Å². The zero-order valence-electron chi connectivity index (χ0n) is 17.3. The van der Waals surface area contributed by atoms with Crippen molar-refractivity contribution in [3.8, 4) is 0 Å². The van der Waals surface area contributed by atoms with E-state index in [1.54, 1.807) is 18.3 Å². The smallest absolute Gasteiger partial charge is 0.270 e.